The summed E-state index contributed by atoms with van der Waals surface area (Å²) in [5, 5.41) is -0.137. The first kappa shape index (κ1) is 19.7. The standard InChI is InChI=1S/C15H21BrO7S/c1-5-6-24-14(18)20-9(7-16)10-11(19-8(2)17)12-13(21-10)23-15(3,4)22-12/h5,9-13H,1,6-7H2,2-4H3/t9-,10-,11+,12-,13-/m1/s1. The van der Waals surface area contributed by atoms with E-state index in [1.807, 2.05) is 0 Å². The van der Waals surface area contributed by atoms with Crippen LogP contribution in [-0.2, 0) is 28.5 Å². The van der Waals surface area contributed by atoms with Crippen molar-refractivity contribution in [2.45, 2.75) is 57.3 Å². The largest absolute Gasteiger partial charge is 0.457 e. The molecule has 7 nitrogen and oxygen atoms in total. The van der Waals surface area contributed by atoms with Gasteiger partial charge in [0.15, 0.2) is 24.3 Å². The topological polar surface area (TPSA) is 80.3 Å². The van der Waals surface area contributed by atoms with E-state index < -0.39 is 47.8 Å². The van der Waals surface area contributed by atoms with Crippen molar-refractivity contribution in [1.82, 2.24) is 0 Å². The van der Waals surface area contributed by atoms with Gasteiger partial charge in [0.2, 0.25) is 0 Å². The van der Waals surface area contributed by atoms with Crippen molar-refractivity contribution in [3.8, 4) is 0 Å². The normalized spacial score (nSPS) is 32.0. The summed E-state index contributed by atoms with van der Waals surface area (Å²) in [6.45, 7) is 8.36. The fourth-order valence-corrected chi connectivity index (χ4v) is 3.55. The van der Waals surface area contributed by atoms with Crippen LogP contribution in [0.3, 0.4) is 0 Å². The van der Waals surface area contributed by atoms with E-state index in [2.05, 4.69) is 22.5 Å². The Bertz CT molecular complexity index is 498. The van der Waals surface area contributed by atoms with E-state index in [1.165, 1.54) is 6.92 Å². The van der Waals surface area contributed by atoms with Crippen molar-refractivity contribution >= 4 is 39.0 Å². The second-order valence-corrected chi connectivity index (χ2v) is 7.41. The lowest BCUT2D eigenvalue weighted by molar-refractivity contribution is -0.227. The third kappa shape index (κ3) is 4.72. The van der Waals surface area contributed by atoms with E-state index in [0.717, 1.165) is 11.8 Å². The molecule has 136 valence electrons. The molecule has 0 unspecified atom stereocenters. The number of esters is 1. The van der Waals surface area contributed by atoms with Crippen LogP contribution in [0.25, 0.3) is 0 Å². The van der Waals surface area contributed by atoms with Crippen LogP contribution in [0.1, 0.15) is 20.8 Å². The third-order valence-electron chi connectivity index (χ3n) is 3.41. The summed E-state index contributed by atoms with van der Waals surface area (Å²) in [7, 11) is 0. The lowest BCUT2D eigenvalue weighted by Gasteiger charge is -2.29. The van der Waals surface area contributed by atoms with Crippen LogP contribution in [0.2, 0.25) is 0 Å². The smallest absolute Gasteiger partial charge is 0.368 e. The molecule has 0 radical (unpaired) electrons. The van der Waals surface area contributed by atoms with Crippen molar-refractivity contribution < 1.29 is 33.3 Å². The Morgan fingerprint density at radius 3 is 2.71 bits per heavy atom. The van der Waals surface area contributed by atoms with Gasteiger partial charge in [-0.05, 0) is 25.6 Å². The maximum Gasteiger partial charge on any atom is 0.368 e. The molecule has 0 N–H and O–H groups in total. The summed E-state index contributed by atoms with van der Waals surface area (Å²) in [5.74, 6) is -0.861. The Kier molecular flexibility index (Phi) is 6.72. The predicted octanol–water partition coefficient (Wildman–Crippen LogP) is 2.61. The number of carbonyl (C=O) groups is 2. The Balaban J connectivity index is 2.10. The van der Waals surface area contributed by atoms with Gasteiger partial charge >= 0.3 is 11.3 Å². The minimum atomic E-state index is -0.834. The maximum atomic E-state index is 11.9. The second kappa shape index (κ2) is 8.18. The minimum absolute atomic E-state index is 0.318. The quantitative estimate of drug-likeness (QED) is 0.365. The fraction of sp³-hybridized carbons (Fsp3) is 0.733. The average molecular weight is 425 g/mol. The molecule has 0 amide bonds. The molecule has 0 saturated carbocycles. The highest BCUT2D eigenvalue weighted by molar-refractivity contribution is 9.09. The molecule has 2 aliphatic heterocycles. The Morgan fingerprint density at radius 2 is 2.12 bits per heavy atom. The molecule has 0 aromatic carbocycles. The first-order chi connectivity index (χ1) is 11.3. The van der Waals surface area contributed by atoms with Crippen LogP contribution in [0, 0.1) is 0 Å². The van der Waals surface area contributed by atoms with Crippen molar-refractivity contribution in [3.05, 3.63) is 12.7 Å². The van der Waals surface area contributed by atoms with E-state index in [-0.39, 0.29) is 0 Å². The molecule has 2 saturated heterocycles. The van der Waals surface area contributed by atoms with Gasteiger partial charge in [0.25, 0.3) is 0 Å². The molecule has 2 aliphatic rings. The van der Waals surface area contributed by atoms with Crippen LogP contribution in [-0.4, -0.2) is 58.8 Å². The van der Waals surface area contributed by atoms with Crippen LogP contribution in [0.4, 0.5) is 4.79 Å². The van der Waals surface area contributed by atoms with Crippen molar-refractivity contribution in [3.63, 3.8) is 0 Å². The number of thioether (sulfide) groups is 1. The van der Waals surface area contributed by atoms with E-state index in [4.69, 9.17) is 23.7 Å². The van der Waals surface area contributed by atoms with Gasteiger partial charge in [0.05, 0.1) is 0 Å². The molecule has 24 heavy (non-hydrogen) atoms. The van der Waals surface area contributed by atoms with Gasteiger partial charge < -0.3 is 23.7 Å². The molecule has 5 atom stereocenters. The number of fused-ring (bicyclic) bond motifs is 1. The molecular formula is C15H21BrO7S. The molecule has 0 aromatic heterocycles. The zero-order chi connectivity index (χ0) is 17.9. The number of carbonyl (C=O) groups excluding carboxylic acids is 2. The first-order valence-corrected chi connectivity index (χ1v) is 9.56. The molecular weight excluding hydrogens is 404 g/mol. The highest BCUT2D eigenvalue weighted by Crippen LogP contribution is 2.40. The lowest BCUT2D eigenvalue weighted by Crippen LogP contribution is -2.45. The van der Waals surface area contributed by atoms with Crippen molar-refractivity contribution in [2.75, 3.05) is 11.1 Å². The first-order valence-electron chi connectivity index (χ1n) is 7.46. The Labute approximate surface area is 153 Å². The molecule has 0 aromatic rings. The summed E-state index contributed by atoms with van der Waals surface area (Å²) in [6.07, 6.45) is -1.72. The fourth-order valence-electron chi connectivity index (χ4n) is 2.60. The van der Waals surface area contributed by atoms with Gasteiger partial charge in [0, 0.05) is 18.0 Å². The van der Waals surface area contributed by atoms with Gasteiger partial charge in [-0.25, -0.2) is 4.79 Å². The highest BCUT2D eigenvalue weighted by Gasteiger charge is 2.58. The maximum absolute atomic E-state index is 11.9. The van der Waals surface area contributed by atoms with Crippen LogP contribution in [0.5, 0.6) is 0 Å². The zero-order valence-corrected chi connectivity index (χ0v) is 16.1. The van der Waals surface area contributed by atoms with E-state index in [0.29, 0.717) is 11.1 Å². The van der Waals surface area contributed by atoms with Crippen LogP contribution < -0.4 is 0 Å². The van der Waals surface area contributed by atoms with Gasteiger partial charge in [-0.2, -0.15) is 0 Å². The monoisotopic (exact) mass is 424 g/mol. The van der Waals surface area contributed by atoms with Gasteiger partial charge in [-0.1, -0.05) is 22.0 Å². The molecule has 0 spiro atoms. The average Bonchev–Trinajstić information content (AvgIpc) is 2.95. The summed E-state index contributed by atoms with van der Waals surface area (Å²) in [6, 6.07) is 0. The van der Waals surface area contributed by atoms with Gasteiger partial charge in [-0.15, -0.1) is 6.58 Å². The van der Waals surface area contributed by atoms with E-state index >= 15 is 0 Å². The van der Waals surface area contributed by atoms with Gasteiger partial charge in [0.1, 0.15) is 12.2 Å². The molecule has 2 fully saturated rings. The Hall–Kier alpha value is -0.610. The zero-order valence-electron chi connectivity index (χ0n) is 13.7. The van der Waals surface area contributed by atoms with E-state index in [9.17, 15) is 9.59 Å². The SMILES string of the molecule is C=CCSC(=O)O[C@H](CBr)[C@H]1O[C@@H]2OC(C)(C)O[C@@H]2[C@H]1OC(C)=O. The number of ether oxygens (including phenoxy) is 5. The molecule has 2 rings (SSSR count). The molecule has 2 heterocycles. The number of alkyl halides is 1. The lowest BCUT2D eigenvalue weighted by atomic mass is 10.1. The third-order valence-corrected chi connectivity index (χ3v) is 4.79. The Morgan fingerprint density at radius 1 is 1.42 bits per heavy atom. The highest BCUT2D eigenvalue weighted by atomic mass is 79.9. The van der Waals surface area contributed by atoms with Crippen molar-refractivity contribution in [1.29, 1.82) is 0 Å². The van der Waals surface area contributed by atoms with Gasteiger partial charge in [-0.3, -0.25) is 4.79 Å². The number of hydrogen-bond donors (Lipinski definition) is 0. The summed E-state index contributed by atoms with van der Waals surface area (Å²) in [4.78, 5) is 23.3. The number of halogens is 1. The predicted molar refractivity (Wildman–Crippen MR) is 91.0 cm³/mol. The minimum Gasteiger partial charge on any atom is -0.457 e. The summed E-state index contributed by atoms with van der Waals surface area (Å²) in [5.41, 5.74) is 0. The van der Waals surface area contributed by atoms with Crippen molar-refractivity contribution in [2.24, 2.45) is 0 Å². The van der Waals surface area contributed by atoms with E-state index in [1.54, 1.807) is 19.9 Å². The van der Waals surface area contributed by atoms with Crippen LogP contribution in [0.15, 0.2) is 12.7 Å². The number of rotatable bonds is 6. The number of hydrogen-bond acceptors (Lipinski definition) is 8. The molecule has 9 heteroatoms. The molecule has 0 aliphatic carbocycles. The summed E-state index contributed by atoms with van der Waals surface area (Å²) < 4.78 is 28.1. The molecule has 0 bridgehead atoms. The van der Waals surface area contributed by atoms with Crippen LogP contribution >= 0.6 is 27.7 Å². The summed E-state index contributed by atoms with van der Waals surface area (Å²) >= 11 is 4.30. The second-order valence-electron chi connectivity index (χ2n) is 5.80.